The van der Waals surface area contributed by atoms with Crippen molar-refractivity contribution >= 4 is 45.9 Å². The fourth-order valence-corrected chi connectivity index (χ4v) is 3.65. The van der Waals surface area contributed by atoms with Crippen molar-refractivity contribution in [3.05, 3.63) is 24.3 Å². The van der Waals surface area contributed by atoms with Gasteiger partial charge in [0, 0.05) is 31.0 Å². The second-order valence-corrected chi connectivity index (χ2v) is 7.07. The van der Waals surface area contributed by atoms with Crippen molar-refractivity contribution in [3.63, 3.8) is 0 Å². The Bertz CT molecular complexity index is 926. The van der Waals surface area contributed by atoms with E-state index in [4.69, 9.17) is 9.84 Å². The molecule has 1 aliphatic heterocycles. The number of nitrogens with zero attached hydrogens (tertiary/aromatic N) is 4. The number of fused-ring (bicyclic) bond motifs is 1. The van der Waals surface area contributed by atoms with E-state index in [1.54, 1.807) is 0 Å². The van der Waals surface area contributed by atoms with Crippen LogP contribution in [0.3, 0.4) is 0 Å². The number of H-pyrrole nitrogens is 1. The molecule has 0 bridgehead atoms. The zero-order valence-electron chi connectivity index (χ0n) is 15.6. The van der Waals surface area contributed by atoms with Crippen LogP contribution in [-0.4, -0.2) is 71.0 Å². The van der Waals surface area contributed by atoms with Gasteiger partial charge in [-0.05, 0) is 30.5 Å². The van der Waals surface area contributed by atoms with Crippen molar-refractivity contribution in [2.24, 2.45) is 0 Å². The first-order valence-corrected chi connectivity index (χ1v) is 10.4. The second kappa shape index (κ2) is 8.63. The van der Waals surface area contributed by atoms with Crippen molar-refractivity contribution in [2.75, 3.05) is 61.2 Å². The number of rotatable bonds is 7. The quantitative estimate of drug-likeness (QED) is 0.442. The smallest absolute Gasteiger partial charge is 0.231 e. The monoisotopic (exact) mass is 401 g/mol. The zero-order valence-corrected chi connectivity index (χ0v) is 16.4. The molecule has 2 aromatic heterocycles. The summed E-state index contributed by atoms with van der Waals surface area (Å²) < 4.78 is 5.41. The minimum Gasteiger partial charge on any atom is -0.395 e. The van der Waals surface area contributed by atoms with Gasteiger partial charge in [-0.15, -0.1) is 11.8 Å². The Hall–Kier alpha value is -2.56. The molecular weight excluding hydrogens is 378 g/mol. The summed E-state index contributed by atoms with van der Waals surface area (Å²) >= 11 is 1.52. The van der Waals surface area contributed by atoms with E-state index < -0.39 is 0 Å². The van der Waals surface area contributed by atoms with Crippen LogP contribution in [0.15, 0.2) is 29.3 Å². The third-order valence-electron chi connectivity index (χ3n) is 4.48. The van der Waals surface area contributed by atoms with Crippen LogP contribution in [-0.2, 0) is 4.74 Å². The molecule has 0 aliphatic carbocycles. The van der Waals surface area contributed by atoms with Gasteiger partial charge in [-0.3, -0.25) is 5.10 Å². The van der Waals surface area contributed by atoms with Gasteiger partial charge >= 0.3 is 0 Å². The van der Waals surface area contributed by atoms with Crippen LogP contribution in [0.25, 0.3) is 11.0 Å². The van der Waals surface area contributed by atoms with Gasteiger partial charge in [-0.25, -0.2) is 0 Å². The molecule has 0 saturated carbocycles. The maximum absolute atomic E-state index is 9.15. The summed E-state index contributed by atoms with van der Waals surface area (Å²) in [6.07, 6.45) is 1.95. The van der Waals surface area contributed by atoms with Gasteiger partial charge in [0.15, 0.2) is 5.65 Å². The Kier molecular flexibility index (Phi) is 5.79. The SMILES string of the molecule is CSc1n[nH]c2nc(Nc3ccc(N4CCOCC4)cc3)nc(NCCO)c12. The minimum atomic E-state index is 0.0176. The molecule has 0 radical (unpaired) electrons. The molecular formula is C18H23N7O2S. The largest absolute Gasteiger partial charge is 0.395 e. The maximum atomic E-state index is 9.15. The molecule has 1 saturated heterocycles. The highest BCUT2D eigenvalue weighted by molar-refractivity contribution is 7.98. The Balaban J connectivity index is 1.57. The predicted molar refractivity (Wildman–Crippen MR) is 112 cm³/mol. The Labute approximate surface area is 166 Å². The Morgan fingerprint density at radius 1 is 1.21 bits per heavy atom. The number of benzene rings is 1. The lowest BCUT2D eigenvalue weighted by atomic mass is 10.2. The number of aliphatic hydroxyl groups is 1. The second-order valence-electron chi connectivity index (χ2n) is 6.27. The van der Waals surface area contributed by atoms with Gasteiger partial charge in [0.1, 0.15) is 10.8 Å². The number of nitrogens with one attached hydrogen (secondary N) is 3. The van der Waals surface area contributed by atoms with Crippen LogP contribution in [0.1, 0.15) is 0 Å². The molecule has 10 heteroatoms. The summed E-state index contributed by atoms with van der Waals surface area (Å²) in [5.41, 5.74) is 2.72. The van der Waals surface area contributed by atoms with Gasteiger partial charge in [-0.2, -0.15) is 15.1 Å². The molecule has 0 atom stereocenters. The number of ether oxygens (including phenoxy) is 1. The first-order chi connectivity index (χ1) is 13.8. The number of hydrogen-bond donors (Lipinski definition) is 4. The van der Waals surface area contributed by atoms with Crippen molar-refractivity contribution in [1.29, 1.82) is 0 Å². The molecule has 0 unspecified atom stereocenters. The summed E-state index contributed by atoms with van der Waals surface area (Å²) in [7, 11) is 0. The highest BCUT2D eigenvalue weighted by Gasteiger charge is 2.15. The topological polar surface area (TPSA) is 111 Å². The van der Waals surface area contributed by atoms with E-state index in [-0.39, 0.29) is 6.61 Å². The lowest BCUT2D eigenvalue weighted by Crippen LogP contribution is -2.36. The number of morpholine rings is 1. The molecule has 3 heterocycles. The van der Waals surface area contributed by atoms with Crippen LogP contribution in [0.5, 0.6) is 0 Å². The summed E-state index contributed by atoms with van der Waals surface area (Å²) in [5.74, 6) is 1.10. The number of anilines is 4. The fraction of sp³-hybridized carbons (Fsp3) is 0.389. The van der Waals surface area contributed by atoms with Crippen LogP contribution in [0, 0.1) is 0 Å². The first-order valence-electron chi connectivity index (χ1n) is 9.13. The number of hydrogen-bond acceptors (Lipinski definition) is 9. The van der Waals surface area contributed by atoms with Gasteiger partial charge in [0.05, 0.1) is 25.2 Å². The standard InChI is InChI=1S/C18H23N7O2S/c1-28-17-14-15(19-6-9-26)21-18(22-16(14)23-24-17)20-12-2-4-13(5-3-12)25-7-10-27-11-8-25/h2-5,26H,6-11H2,1H3,(H3,19,20,21,22,23,24). The Morgan fingerprint density at radius 3 is 2.71 bits per heavy atom. The van der Waals surface area contributed by atoms with Gasteiger partial charge in [0.2, 0.25) is 5.95 Å². The van der Waals surface area contributed by atoms with Crippen LogP contribution in [0.2, 0.25) is 0 Å². The van der Waals surface area contributed by atoms with Gasteiger partial charge < -0.3 is 25.4 Å². The average Bonchev–Trinajstić information content (AvgIpc) is 3.16. The lowest BCUT2D eigenvalue weighted by molar-refractivity contribution is 0.122. The molecule has 9 nitrogen and oxygen atoms in total. The van der Waals surface area contributed by atoms with E-state index >= 15 is 0 Å². The Morgan fingerprint density at radius 2 is 2.00 bits per heavy atom. The molecule has 1 aromatic carbocycles. The van der Waals surface area contributed by atoms with Crippen LogP contribution >= 0.6 is 11.8 Å². The molecule has 28 heavy (non-hydrogen) atoms. The lowest BCUT2D eigenvalue weighted by Gasteiger charge is -2.28. The molecule has 148 valence electrons. The van der Waals surface area contributed by atoms with Crippen molar-refractivity contribution in [2.45, 2.75) is 5.03 Å². The summed E-state index contributed by atoms with van der Waals surface area (Å²) in [6, 6.07) is 8.19. The van der Waals surface area contributed by atoms with E-state index in [0.29, 0.717) is 24.0 Å². The van der Waals surface area contributed by atoms with E-state index in [0.717, 1.165) is 42.4 Å². The molecule has 4 rings (SSSR count). The number of aromatic nitrogens is 4. The van der Waals surface area contributed by atoms with E-state index in [1.807, 2.05) is 18.4 Å². The summed E-state index contributed by atoms with van der Waals surface area (Å²) in [4.78, 5) is 11.4. The summed E-state index contributed by atoms with van der Waals surface area (Å²) in [5, 5.41) is 24.4. The van der Waals surface area contributed by atoms with Crippen LogP contribution in [0.4, 0.5) is 23.1 Å². The third-order valence-corrected chi connectivity index (χ3v) is 5.17. The molecule has 1 aliphatic rings. The fourth-order valence-electron chi connectivity index (χ4n) is 3.12. The number of aromatic amines is 1. The highest BCUT2D eigenvalue weighted by atomic mass is 32.2. The first kappa shape index (κ1) is 18.8. The zero-order chi connectivity index (χ0) is 19.3. The molecule has 4 N–H and O–H groups in total. The summed E-state index contributed by atoms with van der Waals surface area (Å²) in [6.45, 7) is 3.76. The van der Waals surface area contributed by atoms with Gasteiger partial charge in [-0.1, -0.05) is 0 Å². The maximum Gasteiger partial charge on any atom is 0.231 e. The normalized spacial score (nSPS) is 14.4. The van der Waals surface area contributed by atoms with Crippen molar-refractivity contribution in [3.8, 4) is 0 Å². The molecule has 0 spiro atoms. The van der Waals surface area contributed by atoms with Crippen molar-refractivity contribution in [1.82, 2.24) is 20.2 Å². The average molecular weight is 401 g/mol. The van der Waals surface area contributed by atoms with Crippen molar-refractivity contribution < 1.29 is 9.84 Å². The number of thioether (sulfide) groups is 1. The molecule has 1 fully saturated rings. The predicted octanol–water partition coefficient (Wildman–Crippen LogP) is 2.06. The minimum absolute atomic E-state index is 0.0176. The molecule has 0 amide bonds. The third kappa shape index (κ3) is 3.98. The number of aliphatic hydroxyl groups excluding tert-OH is 1. The van der Waals surface area contributed by atoms with E-state index in [9.17, 15) is 0 Å². The highest BCUT2D eigenvalue weighted by Crippen LogP contribution is 2.30. The van der Waals surface area contributed by atoms with E-state index in [2.05, 4.69) is 47.8 Å². The van der Waals surface area contributed by atoms with Crippen LogP contribution < -0.4 is 15.5 Å². The van der Waals surface area contributed by atoms with E-state index in [1.165, 1.54) is 17.4 Å². The molecule has 3 aromatic rings. The van der Waals surface area contributed by atoms with Gasteiger partial charge in [0.25, 0.3) is 0 Å².